The number of fused-ring (bicyclic) bond motifs is 2. The maximum absolute atomic E-state index is 13.3. The van der Waals surface area contributed by atoms with Crippen LogP contribution in [0.3, 0.4) is 0 Å². The third-order valence-corrected chi connectivity index (χ3v) is 5.92. The fourth-order valence-corrected chi connectivity index (χ4v) is 4.36. The summed E-state index contributed by atoms with van der Waals surface area (Å²) in [5, 5.41) is 7.37. The Morgan fingerprint density at radius 2 is 2.10 bits per heavy atom. The van der Waals surface area contributed by atoms with Crippen LogP contribution in [0.1, 0.15) is 40.7 Å². The molecule has 0 radical (unpaired) electrons. The zero-order valence-corrected chi connectivity index (χ0v) is 16.6. The molecule has 2 aliphatic rings. The van der Waals surface area contributed by atoms with E-state index < -0.39 is 0 Å². The van der Waals surface area contributed by atoms with Crippen LogP contribution in [0.25, 0.3) is 22.6 Å². The molecule has 1 fully saturated rings. The highest BCUT2D eigenvalue weighted by Crippen LogP contribution is 2.38. The molecule has 5 nitrogen and oxygen atoms in total. The fourth-order valence-electron chi connectivity index (χ4n) is 4.36. The Bertz CT molecular complexity index is 1080. The van der Waals surface area contributed by atoms with Gasteiger partial charge in [-0.15, -0.1) is 0 Å². The highest BCUT2D eigenvalue weighted by atomic mass is 16.3. The van der Waals surface area contributed by atoms with E-state index in [9.17, 15) is 4.79 Å². The van der Waals surface area contributed by atoms with E-state index >= 15 is 0 Å². The van der Waals surface area contributed by atoms with Crippen molar-refractivity contribution in [3.05, 3.63) is 65.2 Å². The number of amides is 1. The molecule has 148 valence electrons. The van der Waals surface area contributed by atoms with Crippen LogP contribution in [0, 0.1) is 11.8 Å². The Kier molecular flexibility index (Phi) is 4.68. The quantitative estimate of drug-likeness (QED) is 0.713. The third-order valence-electron chi connectivity index (χ3n) is 5.92. The molecule has 1 atom stereocenters. The molecule has 2 N–H and O–H groups in total. The highest BCUT2D eigenvalue weighted by molar-refractivity contribution is 6.09. The molecular formula is C24H25N3O2. The number of furan rings is 1. The van der Waals surface area contributed by atoms with Gasteiger partial charge >= 0.3 is 0 Å². The van der Waals surface area contributed by atoms with Crippen molar-refractivity contribution >= 4 is 28.5 Å². The monoisotopic (exact) mass is 387 g/mol. The first-order chi connectivity index (χ1) is 14.2. The maximum atomic E-state index is 13.3. The van der Waals surface area contributed by atoms with E-state index in [2.05, 4.69) is 23.6 Å². The number of nitrogens with one attached hydrogen (secondary N) is 2. The highest BCUT2D eigenvalue weighted by Gasteiger charge is 2.28. The van der Waals surface area contributed by atoms with Crippen molar-refractivity contribution < 1.29 is 9.21 Å². The number of pyridine rings is 1. The SMILES string of the molecule is CC1C/C(=C/c2ccco2)c2nc3ccccc3c(C(=O)NCC3CNC3)c2C1. The van der Waals surface area contributed by atoms with E-state index in [1.165, 1.54) is 0 Å². The summed E-state index contributed by atoms with van der Waals surface area (Å²) in [6.45, 7) is 4.89. The molecule has 29 heavy (non-hydrogen) atoms. The predicted octanol–water partition coefficient (Wildman–Crippen LogP) is 3.90. The molecule has 0 bridgehead atoms. The summed E-state index contributed by atoms with van der Waals surface area (Å²) >= 11 is 0. The average Bonchev–Trinajstić information content (AvgIpc) is 3.18. The van der Waals surface area contributed by atoms with Gasteiger partial charge < -0.3 is 15.1 Å². The average molecular weight is 387 g/mol. The minimum Gasteiger partial charge on any atom is -0.465 e. The number of benzene rings is 1. The first kappa shape index (κ1) is 18.1. The molecule has 5 heteroatoms. The summed E-state index contributed by atoms with van der Waals surface area (Å²) in [5.74, 6) is 1.79. The number of allylic oxidation sites excluding steroid dienone is 1. The molecule has 1 aromatic carbocycles. The normalized spacial score (nSPS) is 20.4. The van der Waals surface area contributed by atoms with E-state index in [-0.39, 0.29) is 5.91 Å². The van der Waals surface area contributed by atoms with Crippen LogP contribution in [0.15, 0.2) is 47.1 Å². The predicted molar refractivity (Wildman–Crippen MR) is 114 cm³/mol. The van der Waals surface area contributed by atoms with Gasteiger partial charge in [-0.25, -0.2) is 4.98 Å². The first-order valence-electron chi connectivity index (χ1n) is 10.3. The lowest BCUT2D eigenvalue weighted by Crippen LogP contribution is -2.48. The van der Waals surface area contributed by atoms with Gasteiger partial charge in [-0.3, -0.25) is 4.79 Å². The van der Waals surface area contributed by atoms with Gasteiger partial charge in [0.15, 0.2) is 0 Å². The maximum Gasteiger partial charge on any atom is 0.252 e. The van der Waals surface area contributed by atoms with Gasteiger partial charge in [0.25, 0.3) is 5.91 Å². The molecule has 5 rings (SSSR count). The fraction of sp³-hybridized carbons (Fsp3) is 0.333. The summed E-state index contributed by atoms with van der Waals surface area (Å²) < 4.78 is 5.55. The molecule has 1 unspecified atom stereocenters. The topological polar surface area (TPSA) is 67.2 Å². The van der Waals surface area contributed by atoms with Gasteiger partial charge in [0, 0.05) is 30.9 Å². The standard InChI is InChI=1S/C24H25N3O2/c1-15-9-17(11-18-5-4-8-29-18)23-20(10-15)22(19-6-2-3-7-21(19)27-23)24(28)26-14-16-12-25-13-16/h2-8,11,15-16,25H,9-10,12-14H2,1H3,(H,26,28)/b17-11-. The van der Waals surface area contributed by atoms with E-state index in [0.29, 0.717) is 18.4 Å². The van der Waals surface area contributed by atoms with Crippen LogP contribution in [0.4, 0.5) is 0 Å². The second kappa shape index (κ2) is 7.48. The molecule has 1 amide bonds. The lowest BCUT2D eigenvalue weighted by Gasteiger charge is -2.29. The van der Waals surface area contributed by atoms with Gasteiger partial charge in [0.2, 0.25) is 0 Å². The summed E-state index contributed by atoms with van der Waals surface area (Å²) in [5.41, 5.74) is 4.78. The Labute approximate surface area is 170 Å². The zero-order chi connectivity index (χ0) is 19.8. The number of nitrogens with zero attached hydrogens (tertiary/aromatic N) is 1. The summed E-state index contributed by atoms with van der Waals surface area (Å²) in [4.78, 5) is 18.3. The Morgan fingerprint density at radius 1 is 1.24 bits per heavy atom. The second-order valence-corrected chi connectivity index (χ2v) is 8.26. The third kappa shape index (κ3) is 3.47. The molecule has 3 heterocycles. The number of para-hydroxylation sites is 1. The van der Waals surface area contributed by atoms with E-state index in [4.69, 9.17) is 9.40 Å². The van der Waals surface area contributed by atoms with Crippen LogP contribution >= 0.6 is 0 Å². The number of carbonyl (C=O) groups is 1. The van der Waals surface area contributed by atoms with Crippen LogP contribution in [0.2, 0.25) is 0 Å². The summed E-state index contributed by atoms with van der Waals surface area (Å²) in [7, 11) is 0. The smallest absolute Gasteiger partial charge is 0.252 e. The van der Waals surface area contributed by atoms with Crippen molar-refractivity contribution in [1.82, 2.24) is 15.6 Å². The van der Waals surface area contributed by atoms with Crippen molar-refractivity contribution in [2.24, 2.45) is 11.8 Å². The van der Waals surface area contributed by atoms with Gasteiger partial charge in [-0.1, -0.05) is 25.1 Å². The molecule has 2 aromatic heterocycles. The lowest BCUT2D eigenvalue weighted by atomic mass is 9.80. The number of hydrogen-bond acceptors (Lipinski definition) is 4. The van der Waals surface area contributed by atoms with Crippen molar-refractivity contribution in [3.63, 3.8) is 0 Å². The Hall–Kier alpha value is -2.92. The minimum atomic E-state index is 0.0122. The largest absolute Gasteiger partial charge is 0.465 e. The Balaban J connectivity index is 1.63. The summed E-state index contributed by atoms with van der Waals surface area (Å²) in [6, 6.07) is 11.8. The van der Waals surface area contributed by atoms with Crippen LogP contribution in [-0.4, -0.2) is 30.5 Å². The van der Waals surface area contributed by atoms with Crippen LogP contribution in [-0.2, 0) is 6.42 Å². The van der Waals surface area contributed by atoms with Crippen molar-refractivity contribution in [2.75, 3.05) is 19.6 Å². The van der Waals surface area contributed by atoms with Crippen molar-refractivity contribution in [3.8, 4) is 0 Å². The van der Waals surface area contributed by atoms with E-state index in [1.807, 2.05) is 36.4 Å². The van der Waals surface area contributed by atoms with E-state index in [1.54, 1.807) is 6.26 Å². The number of aromatic nitrogens is 1. The zero-order valence-electron chi connectivity index (χ0n) is 16.6. The second-order valence-electron chi connectivity index (χ2n) is 8.26. The van der Waals surface area contributed by atoms with Crippen LogP contribution < -0.4 is 10.6 Å². The molecule has 3 aromatic rings. The molecule has 1 aliphatic carbocycles. The molecule has 1 aliphatic heterocycles. The van der Waals surface area contributed by atoms with Crippen LogP contribution in [0.5, 0.6) is 0 Å². The lowest BCUT2D eigenvalue weighted by molar-refractivity contribution is 0.0942. The summed E-state index contributed by atoms with van der Waals surface area (Å²) in [6.07, 6.45) is 5.53. The molecule has 0 spiro atoms. The Morgan fingerprint density at radius 3 is 2.86 bits per heavy atom. The number of hydrogen-bond donors (Lipinski definition) is 2. The van der Waals surface area contributed by atoms with Crippen molar-refractivity contribution in [1.29, 1.82) is 0 Å². The van der Waals surface area contributed by atoms with Gasteiger partial charge in [-0.2, -0.15) is 0 Å². The van der Waals surface area contributed by atoms with Gasteiger partial charge in [0.05, 0.1) is 23.0 Å². The molecular weight excluding hydrogens is 362 g/mol. The molecule has 1 saturated heterocycles. The van der Waals surface area contributed by atoms with Gasteiger partial charge in [0.1, 0.15) is 5.76 Å². The minimum absolute atomic E-state index is 0.0122. The molecule has 0 saturated carbocycles. The first-order valence-corrected chi connectivity index (χ1v) is 10.3. The van der Waals surface area contributed by atoms with Crippen molar-refractivity contribution in [2.45, 2.75) is 19.8 Å². The van der Waals surface area contributed by atoms with Gasteiger partial charge in [-0.05, 0) is 54.2 Å². The number of carbonyl (C=O) groups excluding carboxylic acids is 1. The van der Waals surface area contributed by atoms with E-state index in [0.717, 1.165) is 65.0 Å². The number of rotatable bonds is 4.